The van der Waals surface area contributed by atoms with Crippen molar-refractivity contribution in [2.75, 3.05) is 13.4 Å². The highest BCUT2D eigenvalue weighted by Gasteiger charge is 2.18. The molecule has 0 radical (unpaired) electrons. The van der Waals surface area contributed by atoms with E-state index in [1.807, 2.05) is 0 Å². The number of carbonyl (C=O) groups excluding carboxylic acids is 1. The number of hydrogen-bond donors (Lipinski definition) is 1. The number of benzene rings is 1. The zero-order valence-corrected chi connectivity index (χ0v) is 13.9. The van der Waals surface area contributed by atoms with Gasteiger partial charge >= 0.3 is 0 Å². The number of methoxy groups -OCH3 is 1. The van der Waals surface area contributed by atoms with Crippen molar-refractivity contribution < 1.29 is 17.9 Å². The molecule has 0 fully saturated rings. The quantitative estimate of drug-likeness (QED) is 0.883. The Balaban J connectivity index is 2.24. The lowest BCUT2D eigenvalue weighted by atomic mass is 10.1. The SMILES string of the molecule is COc1cc(C(C)NC(=O)c2cnsn2)ccc1S(C)(=O)=O. The van der Waals surface area contributed by atoms with Gasteiger partial charge in [-0.1, -0.05) is 6.07 Å². The summed E-state index contributed by atoms with van der Waals surface area (Å²) in [7, 11) is -1.98. The molecule has 22 heavy (non-hydrogen) atoms. The summed E-state index contributed by atoms with van der Waals surface area (Å²) in [5.74, 6) is -0.0937. The number of ether oxygens (including phenoxy) is 1. The van der Waals surface area contributed by atoms with E-state index in [0.717, 1.165) is 23.5 Å². The van der Waals surface area contributed by atoms with Crippen molar-refractivity contribution in [1.82, 2.24) is 14.1 Å². The summed E-state index contributed by atoms with van der Waals surface area (Å²) in [5.41, 5.74) is 0.970. The van der Waals surface area contributed by atoms with E-state index in [-0.39, 0.29) is 28.3 Å². The number of sulfone groups is 1. The molecule has 0 spiro atoms. The molecule has 0 saturated heterocycles. The fourth-order valence-corrected chi connectivity index (χ4v) is 3.11. The highest BCUT2D eigenvalue weighted by atomic mass is 32.2. The Morgan fingerprint density at radius 2 is 2.14 bits per heavy atom. The molecular formula is C13H15N3O4S2. The Kier molecular flexibility index (Phi) is 4.77. The van der Waals surface area contributed by atoms with Crippen LogP contribution < -0.4 is 10.1 Å². The molecule has 2 aromatic rings. The van der Waals surface area contributed by atoms with Crippen LogP contribution in [0.2, 0.25) is 0 Å². The number of nitrogens with zero attached hydrogens (tertiary/aromatic N) is 2. The fourth-order valence-electron chi connectivity index (χ4n) is 1.88. The summed E-state index contributed by atoms with van der Waals surface area (Å²) in [6.07, 6.45) is 2.50. The third-order valence-electron chi connectivity index (χ3n) is 3.03. The van der Waals surface area contributed by atoms with E-state index >= 15 is 0 Å². The van der Waals surface area contributed by atoms with Gasteiger partial charge in [-0.05, 0) is 24.6 Å². The maximum atomic E-state index is 11.9. The van der Waals surface area contributed by atoms with E-state index in [1.165, 1.54) is 19.4 Å². The first-order chi connectivity index (χ1) is 10.3. The molecule has 1 N–H and O–H groups in total. The molecule has 1 amide bonds. The van der Waals surface area contributed by atoms with Gasteiger partial charge in [0.05, 0.1) is 31.1 Å². The lowest BCUT2D eigenvalue weighted by Gasteiger charge is -2.16. The second-order valence-corrected chi connectivity index (χ2v) is 7.21. The van der Waals surface area contributed by atoms with Crippen molar-refractivity contribution in [3.63, 3.8) is 0 Å². The molecule has 9 heteroatoms. The molecule has 0 aliphatic heterocycles. The Labute approximate surface area is 132 Å². The van der Waals surface area contributed by atoms with Gasteiger partial charge in [-0.25, -0.2) is 8.42 Å². The summed E-state index contributed by atoms with van der Waals surface area (Å²) >= 11 is 0.954. The summed E-state index contributed by atoms with van der Waals surface area (Å²) in [4.78, 5) is 12.0. The van der Waals surface area contributed by atoms with Crippen LogP contribution in [0.25, 0.3) is 0 Å². The van der Waals surface area contributed by atoms with Crippen LogP contribution in [0.15, 0.2) is 29.3 Å². The fraction of sp³-hybridized carbons (Fsp3) is 0.308. The second-order valence-electron chi connectivity index (χ2n) is 4.67. The van der Waals surface area contributed by atoms with Gasteiger partial charge in [-0.2, -0.15) is 8.75 Å². The minimum absolute atomic E-state index is 0.112. The van der Waals surface area contributed by atoms with Crippen LogP contribution in [0.3, 0.4) is 0 Å². The third-order valence-corrected chi connectivity index (χ3v) is 4.64. The molecule has 0 saturated carbocycles. The number of rotatable bonds is 5. The maximum Gasteiger partial charge on any atom is 0.273 e. The van der Waals surface area contributed by atoms with Crippen LogP contribution in [0.4, 0.5) is 0 Å². The smallest absolute Gasteiger partial charge is 0.273 e. The molecule has 118 valence electrons. The molecule has 1 heterocycles. The van der Waals surface area contributed by atoms with Crippen molar-refractivity contribution in [2.24, 2.45) is 0 Å². The van der Waals surface area contributed by atoms with Crippen molar-refractivity contribution in [2.45, 2.75) is 17.9 Å². The average Bonchev–Trinajstić information content (AvgIpc) is 2.99. The average molecular weight is 341 g/mol. The molecule has 1 atom stereocenters. The van der Waals surface area contributed by atoms with E-state index < -0.39 is 9.84 Å². The lowest BCUT2D eigenvalue weighted by Crippen LogP contribution is -2.26. The van der Waals surface area contributed by atoms with E-state index in [4.69, 9.17) is 4.74 Å². The van der Waals surface area contributed by atoms with Crippen LogP contribution in [0, 0.1) is 0 Å². The predicted octanol–water partition coefficient (Wildman–Crippen LogP) is 1.44. The number of nitrogens with one attached hydrogen (secondary N) is 1. The largest absolute Gasteiger partial charge is 0.495 e. The van der Waals surface area contributed by atoms with E-state index in [9.17, 15) is 13.2 Å². The van der Waals surface area contributed by atoms with Crippen molar-refractivity contribution in [3.8, 4) is 5.75 Å². The third kappa shape index (κ3) is 3.60. The molecule has 0 aliphatic rings. The van der Waals surface area contributed by atoms with Crippen LogP contribution in [0.5, 0.6) is 5.75 Å². The molecule has 1 unspecified atom stereocenters. The van der Waals surface area contributed by atoms with Crippen LogP contribution in [-0.4, -0.2) is 36.4 Å². The molecule has 1 aromatic carbocycles. The van der Waals surface area contributed by atoms with Crippen molar-refractivity contribution >= 4 is 27.5 Å². The minimum Gasteiger partial charge on any atom is -0.495 e. The van der Waals surface area contributed by atoms with Gasteiger partial charge < -0.3 is 10.1 Å². The first kappa shape index (κ1) is 16.4. The maximum absolute atomic E-state index is 11.9. The molecule has 2 rings (SSSR count). The molecule has 0 aliphatic carbocycles. The lowest BCUT2D eigenvalue weighted by molar-refractivity contribution is 0.0935. The van der Waals surface area contributed by atoms with E-state index in [2.05, 4.69) is 14.1 Å². The van der Waals surface area contributed by atoms with Gasteiger partial charge in [0.1, 0.15) is 10.6 Å². The summed E-state index contributed by atoms with van der Waals surface area (Å²) in [5, 5.41) is 2.77. The summed E-state index contributed by atoms with van der Waals surface area (Å²) in [6, 6.07) is 4.37. The molecule has 0 bridgehead atoms. The number of hydrogen-bond acceptors (Lipinski definition) is 7. The van der Waals surface area contributed by atoms with Crippen LogP contribution in [0.1, 0.15) is 29.0 Å². The minimum atomic E-state index is -3.38. The van der Waals surface area contributed by atoms with Gasteiger partial charge in [0.25, 0.3) is 5.91 Å². The second kappa shape index (κ2) is 6.41. The standard InChI is InChI=1S/C13H15N3O4S2/c1-8(15-13(17)10-7-14-21-16-10)9-4-5-12(22(3,18)19)11(6-9)20-2/h4-8H,1-3H3,(H,15,17). The first-order valence-corrected chi connectivity index (χ1v) is 8.91. The molecular weight excluding hydrogens is 326 g/mol. The highest BCUT2D eigenvalue weighted by molar-refractivity contribution is 7.90. The highest BCUT2D eigenvalue weighted by Crippen LogP contribution is 2.27. The monoisotopic (exact) mass is 341 g/mol. The number of carbonyl (C=O) groups is 1. The zero-order chi connectivity index (χ0) is 16.3. The number of aromatic nitrogens is 2. The van der Waals surface area contributed by atoms with E-state index in [0.29, 0.717) is 0 Å². The van der Waals surface area contributed by atoms with Gasteiger partial charge in [0, 0.05) is 6.26 Å². The molecule has 1 aromatic heterocycles. The van der Waals surface area contributed by atoms with Crippen LogP contribution >= 0.6 is 11.7 Å². The Morgan fingerprint density at radius 1 is 1.41 bits per heavy atom. The topological polar surface area (TPSA) is 98.2 Å². The predicted molar refractivity (Wildman–Crippen MR) is 81.9 cm³/mol. The Morgan fingerprint density at radius 3 is 2.68 bits per heavy atom. The zero-order valence-electron chi connectivity index (χ0n) is 12.2. The Hall–Kier alpha value is -2.00. The Bertz CT molecular complexity index is 773. The van der Waals surface area contributed by atoms with Gasteiger partial charge in [0.2, 0.25) is 0 Å². The van der Waals surface area contributed by atoms with Gasteiger partial charge in [-0.15, -0.1) is 0 Å². The normalized spacial score (nSPS) is 12.7. The van der Waals surface area contributed by atoms with E-state index in [1.54, 1.807) is 19.1 Å². The molecule has 7 nitrogen and oxygen atoms in total. The van der Waals surface area contributed by atoms with Crippen molar-refractivity contribution in [1.29, 1.82) is 0 Å². The summed E-state index contributed by atoms with van der Waals surface area (Å²) < 4.78 is 36.1. The van der Waals surface area contributed by atoms with Crippen molar-refractivity contribution in [3.05, 3.63) is 35.7 Å². The first-order valence-electron chi connectivity index (χ1n) is 6.29. The van der Waals surface area contributed by atoms with Gasteiger partial charge in [0.15, 0.2) is 15.5 Å². The number of amides is 1. The summed E-state index contributed by atoms with van der Waals surface area (Å²) in [6.45, 7) is 1.78. The van der Waals surface area contributed by atoms with Crippen LogP contribution in [-0.2, 0) is 9.84 Å². The van der Waals surface area contributed by atoms with Gasteiger partial charge in [-0.3, -0.25) is 4.79 Å².